The van der Waals surface area contributed by atoms with Gasteiger partial charge in [-0.15, -0.1) is 0 Å². The van der Waals surface area contributed by atoms with Crippen molar-refractivity contribution in [3.05, 3.63) is 23.8 Å². The van der Waals surface area contributed by atoms with Gasteiger partial charge in [-0.3, -0.25) is 9.59 Å². The van der Waals surface area contributed by atoms with Crippen LogP contribution < -0.4 is 20.1 Å². The van der Waals surface area contributed by atoms with Crippen LogP contribution in [0.15, 0.2) is 18.2 Å². The van der Waals surface area contributed by atoms with Gasteiger partial charge < -0.3 is 20.1 Å². The Morgan fingerprint density at radius 1 is 0.968 bits per heavy atom. The van der Waals surface area contributed by atoms with Gasteiger partial charge in [0.05, 0.1) is 5.54 Å². The Hall–Kier alpha value is -2.24. The van der Waals surface area contributed by atoms with Crippen molar-refractivity contribution in [1.82, 2.24) is 10.6 Å². The smallest absolute Gasteiger partial charge is 0.223 e. The average molecular weight is 429 g/mol. The molecule has 0 unspecified atom stereocenters. The van der Waals surface area contributed by atoms with E-state index in [2.05, 4.69) is 10.6 Å². The van der Waals surface area contributed by atoms with Crippen molar-refractivity contribution in [2.45, 2.75) is 83.2 Å². The summed E-state index contributed by atoms with van der Waals surface area (Å²) in [6.45, 7) is 5.15. The fourth-order valence-corrected chi connectivity index (χ4v) is 5.18. The number of carbonyl (C=O) groups excluding carboxylic acids is 2. The van der Waals surface area contributed by atoms with Gasteiger partial charge in [-0.25, -0.2) is 0 Å². The van der Waals surface area contributed by atoms with E-state index in [-0.39, 0.29) is 23.8 Å². The second-order valence-corrected chi connectivity index (χ2v) is 9.94. The monoisotopic (exact) mass is 428 g/mol. The molecule has 6 nitrogen and oxygen atoms in total. The molecule has 1 heterocycles. The molecular formula is C25H36N2O4. The van der Waals surface area contributed by atoms with Gasteiger partial charge in [0.2, 0.25) is 11.8 Å². The van der Waals surface area contributed by atoms with E-state index in [1.165, 1.54) is 25.7 Å². The van der Waals surface area contributed by atoms with Crippen molar-refractivity contribution in [3.63, 3.8) is 0 Å². The van der Waals surface area contributed by atoms with E-state index in [4.69, 9.17) is 9.47 Å². The van der Waals surface area contributed by atoms with Crippen LogP contribution in [0.2, 0.25) is 0 Å². The zero-order chi connectivity index (χ0) is 21.8. The van der Waals surface area contributed by atoms with Crippen LogP contribution in [-0.2, 0) is 15.1 Å². The fourth-order valence-electron chi connectivity index (χ4n) is 5.18. The molecule has 1 aliphatic heterocycles. The van der Waals surface area contributed by atoms with Gasteiger partial charge in [0.25, 0.3) is 0 Å². The number of rotatable bonds is 6. The molecule has 0 saturated heterocycles. The predicted molar refractivity (Wildman–Crippen MR) is 119 cm³/mol. The molecule has 2 N–H and O–H groups in total. The average Bonchev–Trinajstić information content (AvgIpc) is 3.26. The summed E-state index contributed by atoms with van der Waals surface area (Å²) < 4.78 is 11.3. The van der Waals surface area contributed by atoms with Crippen molar-refractivity contribution in [3.8, 4) is 11.5 Å². The second kappa shape index (κ2) is 9.49. The highest BCUT2D eigenvalue weighted by Crippen LogP contribution is 2.35. The van der Waals surface area contributed by atoms with Crippen LogP contribution >= 0.6 is 0 Å². The quantitative estimate of drug-likeness (QED) is 0.716. The minimum Gasteiger partial charge on any atom is -0.486 e. The Kier molecular flexibility index (Phi) is 6.73. The molecule has 2 saturated carbocycles. The van der Waals surface area contributed by atoms with Crippen LogP contribution in [-0.4, -0.2) is 31.1 Å². The number of nitrogens with one attached hydrogen (secondary N) is 2. The van der Waals surface area contributed by atoms with Crippen LogP contribution in [0.4, 0.5) is 0 Å². The molecule has 0 radical (unpaired) electrons. The zero-order valence-electron chi connectivity index (χ0n) is 18.9. The van der Waals surface area contributed by atoms with Gasteiger partial charge in [0.1, 0.15) is 13.2 Å². The van der Waals surface area contributed by atoms with Crippen LogP contribution in [0.3, 0.4) is 0 Å². The summed E-state index contributed by atoms with van der Waals surface area (Å²) in [6.07, 6.45) is 8.97. The second-order valence-electron chi connectivity index (χ2n) is 9.94. The standard InChI is InChI=1S/C25H36N2O4/c1-25(2,19-9-12-21-22(16-19)31-14-13-30-21)27-24(29)18-7-10-20(11-8-18)26-23(28)15-17-5-3-4-6-17/h9,12,16-18,20H,3-8,10-11,13-15H2,1-2H3,(H,26,28)(H,27,29). The molecule has 2 amide bonds. The molecule has 4 rings (SSSR count). The number of amides is 2. The maximum absolute atomic E-state index is 13.0. The fraction of sp³-hybridized carbons (Fsp3) is 0.680. The summed E-state index contributed by atoms with van der Waals surface area (Å²) in [6, 6.07) is 6.08. The third-order valence-corrected chi connectivity index (χ3v) is 7.11. The van der Waals surface area contributed by atoms with Gasteiger partial charge in [-0.1, -0.05) is 18.9 Å². The van der Waals surface area contributed by atoms with Crippen molar-refractivity contribution in [2.75, 3.05) is 13.2 Å². The van der Waals surface area contributed by atoms with Crippen molar-refractivity contribution < 1.29 is 19.1 Å². The summed E-state index contributed by atoms with van der Waals surface area (Å²) in [5, 5.41) is 6.44. The Labute approximate surface area is 185 Å². The van der Waals surface area contributed by atoms with Crippen LogP contribution in [0.5, 0.6) is 11.5 Å². The molecule has 1 aromatic rings. The number of hydrogen-bond acceptors (Lipinski definition) is 4. The number of carbonyl (C=O) groups is 2. The molecule has 6 heteroatoms. The zero-order valence-corrected chi connectivity index (χ0v) is 18.9. The molecule has 2 aliphatic carbocycles. The van der Waals surface area contributed by atoms with Gasteiger partial charge in [0.15, 0.2) is 11.5 Å². The molecule has 0 bridgehead atoms. The van der Waals surface area contributed by atoms with E-state index >= 15 is 0 Å². The lowest BCUT2D eigenvalue weighted by Gasteiger charge is -2.33. The molecule has 0 atom stereocenters. The first-order chi connectivity index (χ1) is 14.9. The summed E-state index contributed by atoms with van der Waals surface area (Å²) in [4.78, 5) is 25.3. The van der Waals surface area contributed by atoms with E-state index < -0.39 is 5.54 Å². The Morgan fingerprint density at radius 3 is 2.35 bits per heavy atom. The number of fused-ring (bicyclic) bond motifs is 1. The third kappa shape index (κ3) is 5.52. The molecular weight excluding hydrogens is 392 g/mol. The van der Waals surface area contributed by atoms with E-state index in [0.29, 0.717) is 25.6 Å². The number of ether oxygens (including phenoxy) is 2. The summed E-state index contributed by atoms with van der Waals surface area (Å²) in [5.41, 5.74) is 0.497. The molecule has 170 valence electrons. The highest BCUT2D eigenvalue weighted by Gasteiger charge is 2.32. The van der Waals surface area contributed by atoms with Crippen LogP contribution in [0, 0.1) is 11.8 Å². The topological polar surface area (TPSA) is 76.7 Å². The first-order valence-corrected chi connectivity index (χ1v) is 11.9. The lowest BCUT2D eigenvalue weighted by Crippen LogP contribution is -2.46. The molecule has 3 aliphatic rings. The highest BCUT2D eigenvalue weighted by molar-refractivity contribution is 5.80. The van der Waals surface area contributed by atoms with Crippen LogP contribution in [0.25, 0.3) is 0 Å². The van der Waals surface area contributed by atoms with Gasteiger partial charge >= 0.3 is 0 Å². The van der Waals surface area contributed by atoms with E-state index in [0.717, 1.165) is 42.7 Å². The van der Waals surface area contributed by atoms with E-state index in [1.54, 1.807) is 0 Å². The SMILES string of the molecule is CC(C)(NC(=O)C1CCC(NC(=O)CC2CCCC2)CC1)c1ccc2c(c1)OCCO2. The summed E-state index contributed by atoms with van der Waals surface area (Å²) >= 11 is 0. The number of hydrogen-bond donors (Lipinski definition) is 2. The highest BCUT2D eigenvalue weighted by atomic mass is 16.6. The van der Waals surface area contributed by atoms with Crippen molar-refractivity contribution in [2.24, 2.45) is 11.8 Å². The Balaban J connectivity index is 1.26. The minimum atomic E-state index is -0.501. The minimum absolute atomic E-state index is 0.000491. The van der Waals surface area contributed by atoms with Gasteiger partial charge in [-0.05, 0) is 76.0 Å². The largest absolute Gasteiger partial charge is 0.486 e. The summed E-state index contributed by atoms with van der Waals surface area (Å²) in [7, 11) is 0. The van der Waals surface area contributed by atoms with Gasteiger partial charge in [0, 0.05) is 18.4 Å². The predicted octanol–water partition coefficient (Wildman–Crippen LogP) is 4.06. The third-order valence-electron chi connectivity index (χ3n) is 7.11. The maximum atomic E-state index is 13.0. The first-order valence-electron chi connectivity index (χ1n) is 11.9. The van der Waals surface area contributed by atoms with Gasteiger partial charge in [-0.2, -0.15) is 0 Å². The molecule has 0 aromatic heterocycles. The Bertz CT molecular complexity index is 793. The molecule has 2 fully saturated rings. The van der Waals surface area contributed by atoms with Crippen molar-refractivity contribution >= 4 is 11.8 Å². The lowest BCUT2D eigenvalue weighted by molar-refractivity contribution is -0.127. The molecule has 0 spiro atoms. The normalized spacial score (nSPS) is 23.9. The van der Waals surface area contributed by atoms with Crippen LogP contribution in [0.1, 0.15) is 77.2 Å². The van der Waals surface area contributed by atoms with E-state index in [1.807, 2.05) is 32.0 Å². The van der Waals surface area contributed by atoms with Crippen molar-refractivity contribution in [1.29, 1.82) is 0 Å². The first kappa shape index (κ1) is 22.0. The number of benzene rings is 1. The molecule has 31 heavy (non-hydrogen) atoms. The van der Waals surface area contributed by atoms with E-state index in [9.17, 15) is 9.59 Å². The maximum Gasteiger partial charge on any atom is 0.223 e. The lowest BCUT2D eigenvalue weighted by atomic mass is 9.84. The summed E-state index contributed by atoms with van der Waals surface area (Å²) in [5.74, 6) is 2.35. The Morgan fingerprint density at radius 2 is 1.65 bits per heavy atom. The molecule has 1 aromatic carbocycles.